The Hall–Kier alpha value is -3.02. The minimum absolute atomic E-state index is 0.232. The Balaban J connectivity index is 1.77. The van der Waals surface area contributed by atoms with Crippen LogP contribution in [0.1, 0.15) is 43.4 Å². The Morgan fingerprint density at radius 3 is 2.29 bits per heavy atom. The van der Waals surface area contributed by atoms with Gasteiger partial charge in [-0.1, -0.05) is 17.3 Å². The van der Waals surface area contributed by atoms with Crippen LogP contribution < -0.4 is 14.2 Å². The van der Waals surface area contributed by atoms with E-state index in [9.17, 15) is 4.39 Å². The molecule has 0 radical (unpaired) electrons. The third-order valence-corrected chi connectivity index (χ3v) is 4.64. The molecule has 0 fully saturated rings. The number of unbranched alkanes of at least 4 members (excludes halogenated alkanes) is 1. The van der Waals surface area contributed by atoms with Gasteiger partial charge in [0.1, 0.15) is 25.2 Å². The van der Waals surface area contributed by atoms with Crippen LogP contribution in [0.25, 0.3) is 0 Å². The minimum Gasteiger partial charge on any atom is -0.493 e. The molecule has 0 aliphatic heterocycles. The van der Waals surface area contributed by atoms with Gasteiger partial charge in [0.15, 0.2) is 11.6 Å². The van der Waals surface area contributed by atoms with Gasteiger partial charge in [0.2, 0.25) is 0 Å². The van der Waals surface area contributed by atoms with Crippen molar-refractivity contribution in [3.05, 3.63) is 65.0 Å². The first-order valence-electron chi connectivity index (χ1n) is 10.4. The summed E-state index contributed by atoms with van der Waals surface area (Å²) in [6.07, 6.45) is 5.49. The lowest BCUT2D eigenvalue weighted by Crippen LogP contribution is -2.05. The summed E-state index contributed by atoms with van der Waals surface area (Å²) in [5.74, 6) is 1.54. The zero-order valence-electron chi connectivity index (χ0n) is 19.0. The highest BCUT2D eigenvalue weighted by molar-refractivity contribution is 5.98. The van der Waals surface area contributed by atoms with E-state index in [2.05, 4.69) is 5.16 Å². The van der Waals surface area contributed by atoms with Crippen molar-refractivity contribution in [2.45, 2.75) is 40.5 Å². The van der Waals surface area contributed by atoms with Gasteiger partial charge in [-0.25, -0.2) is 4.39 Å². The Morgan fingerprint density at radius 2 is 1.68 bits per heavy atom. The molecule has 5 nitrogen and oxygen atoms in total. The molecule has 0 N–H and O–H groups in total. The van der Waals surface area contributed by atoms with Crippen molar-refractivity contribution in [2.24, 2.45) is 5.16 Å². The lowest BCUT2D eigenvalue weighted by molar-refractivity contribution is 0.213. The molecule has 0 atom stereocenters. The van der Waals surface area contributed by atoms with E-state index >= 15 is 0 Å². The van der Waals surface area contributed by atoms with Crippen molar-refractivity contribution in [1.82, 2.24) is 0 Å². The van der Waals surface area contributed by atoms with Gasteiger partial charge in [-0.05, 0) is 82.0 Å². The van der Waals surface area contributed by atoms with Crippen molar-refractivity contribution >= 4 is 5.71 Å². The number of hydrogen-bond donors (Lipinski definition) is 0. The molecule has 2 rings (SSSR count). The number of halogens is 1. The van der Waals surface area contributed by atoms with Gasteiger partial charge in [-0.15, -0.1) is 0 Å². The highest BCUT2D eigenvalue weighted by Crippen LogP contribution is 2.28. The Morgan fingerprint density at radius 1 is 1.00 bits per heavy atom. The van der Waals surface area contributed by atoms with Gasteiger partial charge in [-0.2, -0.15) is 0 Å². The number of rotatable bonds is 12. The van der Waals surface area contributed by atoms with Crippen LogP contribution in [-0.2, 0) is 4.84 Å². The quantitative estimate of drug-likeness (QED) is 0.180. The lowest BCUT2D eigenvalue weighted by atomic mass is 10.1. The van der Waals surface area contributed by atoms with E-state index in [0.29, 0.717) is 31.1 Å². The van der Waals surface area contributed by atoms with Crippen molar-refractivity contribution in [3.8, 4) is 17.2 Å². The number of allylic oxidation sites excluding steroid dienone is 1. The fraction of sp³-hybridized carbons (Fsp3) is 0.400. The molecule has 2 aromatic rings. The maximum Gasteiger partial charge on any atom is 0.165 e. The summed E-state index contributed by atoms with van der Waals surface area (Å²) in [4.78, 5) is 4.72. The molecule has 31 heavy (non-hydrogen) atoms. The normalized spacial score (nSPS) is 11.6. The molecule has 0 heterocycles. The molecule has 2 aromatic carbocycles. The molecular weight excluding hydrogens is 397 g/mol. The predicted octanol–water partition coefficient (Wildman–Crippen LogP) is 6.01. The van der Waals surface area contributed by atoms with Crippen LogP contribution >= 0.6 is 0 Å². The smallest absolute Gasteiger partial charge is 0.165 e. The summed E-state index contributed by atoms with van der Waals surface area (Å²) in [6.45, 7) is 9.29. The summed E-state index contributed by atoms with van der Waals surface area (Å²) < 4.78 is 31.4. The molecule has 0 saturated carbocycles. The van der Waals surface area contributed by atoms with Crippen molar-refractivity contribution in [2.75, 3.05) is 26.9 Å². The molecule has 168 valence electrons. The third kappa shape index (κ3) is 7.63. The summed E-state index contributed by atoms with van der Waals surface area (Å²) in [7, 11) is 1.46. The highest BCUT2D eigenvalue weighted by Gasteiger charge is 2.09. The SMILES string of the molecule is C/C=C/COc1cc(C)c(OCCCCOc2ccc(/C(C)=N/OC)cc2F)c(C)c1. The average Bonchev–Trinajstić information content (AvgIpc) is 2.73. The van der Waals surface area contributed by atoms with Crippen LogP contribution in [0.2, 0.25) is 0 Å². The number of ether oxygens (including phenoxy) is 3. The van der Waals surface area contributed by atoms with Crippen LogP contribution in [0, 0.1) is 19.7 Å². The Kier molecular flexibility index (Phi) is 9.88. The zero-order chi connectivity index (χ0) is 22.6. The zero-order valence-corrected chi connectivity index (χ0v) is 19.0. The van der Waals surface area contributed by atoms with Crippen LogP contribution in [0.15, 0.2) is 47.6 Å². The van der Waals surface area contributed by atoms with E-state index in [4.69, 9.17) is 19.0 Å². The molecule has 0 aliphatic rings. The first kappa shape index (κ1) is 24.3. The Labute approximate surface area is 184 Å². The molecule has 0 aliphatic carbocycles. The van der Waals surface area contributed by atoms with Gasteiger partial charge in [0.25, 0.3) is 0 Å². The summed E-state index contributed by atoms with van der Waals surface area (Å²) >= 11 is 0. The van der Waals surface area contributed by atoms with Crippen LogP contribution in [0.3, 0.4) is 0 Å². The first-order chi connectivity index (χ1) is 15.0. The van der Waals surface area contributed by atoms with Crippen molar-refractivity contribution < 1.29 is 23.4 Å². The van der Waals surface area contributed by atoms with E-state index in [1.165, 1.54) is 13.2 Å². The standard InChI is InChI=1S/C25H32FNO4/c1-6-7-12-29-22-15-18(2)25(19(3)16-22)31-14-9-8-13-30-24-11-10-21(17-23(24)26)20(4)27-28-5/h6-7,10-11,15-17H,8-9,12-14H2,1-5H3/b7-6+,27-20+. The second-order valence-electron chi connectivity index (χ2n) is 7.17. The van der Waals surface area contributed by atoms with Gasteiger partial charge in [0.05, 0.1) is 18.9 Å². The van der Waals surface area contributed by atoms with E-state index in [0.717, 1.165) is 35.5 Å². The van der Waals surface area contributed by atoms with Gasteiger partial charge in [-0.3, -0.25) is 0 Å². The Bertz CT molecular complexity index is 885. The maximum absolute atomic E-state index is 14.2. The monoisotopic (exact) mass is 429 g/mol. The van der Waals surface area contributed by atoms with E-state index in [1.807, 2.05) is 45.1 Å². The number of aryl methyl sites for hydroxylation is 2. The topological polar surface area (TPSA) is 49.3 Å². The fourth-order valence-electron chi connectivity index (χ4n) is 3.06. The molecule has 0 bridgehead atoms. The fourth-order valence-corrected chi connectivity index (χ4v) is 3.06. The molecule has 0 amide bonds. The molecule has 0 spiro atoms. The highest BCUT2D eigenvalue weighted by atomic mass is 19.1. The largest absolute Gasteiger partial charge is 0.493 e. The molecule has 0 aromatic heterocycles. The summed E-state index contributed by atoms with van der Waals surface area (Å²) in [6, 6.07) is 8.74. The number of hydrogen-bond acceptors (Lipinski definition) is 5. The first-order valence-corrected chi connectivity index (χ1v) is 10.4. The molecule has 0 saturated heterocycles. The van der Waals surface area contributed by atoms with Gasteiger partial charge in [0, 0.05) is 5.56 Å². The second-order valence-corrected chi connectivity index (χ2v) is 7.17. The van der Waals surface area contributed by atoms with E-state index in [1.54, 1.807) is 19.1 Å². The maximum atomic E-state index is 14.2. The van der Waals surface area contributed by atoms with Crippen LogP contribution in [-0.4, -0.2) is 32.6 Å². The summed E-state index contributed by atoms with van der Waals surface area (Å²) in [5, 5.41) is 3.81. The van der Waals surface area contributed by atoms with Gasteiger partial charge < -0.3 is 19.0 Å². The van der Waals surface area contributed by atoms with E-state index < -0.39 is 5.82 Å². The average molecular weight is 430 g/mol. The van der Waals surface area contributed by atoms with Crippen LogP contribution in [0.4, 0.5) is 4.39 Å². The third-order valence-electron chi connectivity index (χ3n) is 4.64. The van der Waals surface area contributed by atoms with E-state index in [-0.39, 0.29) is 5.75 Å². The van der Waals surface area contributed by atoms with Crippen molar-refractivity contribution in [3.63, 3.8) is 0 Å². The lowest BCUT2D eigenvalue weighted by Gasteiger charge is -2.14. The number of nitrogens with zero attached hydrogens (tertiary/aromatic N) is 1. The molecule has 6 heteroatoms. The minimum atomic E-state index is -0.414. The molecule has 0 unspecified atom stereocenters. The summed E-state index contributed by atoms with van der Waals surface area (Å²) in [5.41, 5.74) is 3.35. The predicted molar refractivity (Wildman–Crippen MR) is 122 cm³/mol. The van der Waals surface area contributed by atoms with Gasteiger partial charge >= 0.3 is 0 Å². The molecular formula is C25H32FNO4. The number of oxime groups is 1. The van der Waals surface area contributed by atoms with Crippen molar-refractivity contribution in [1.29, 1.82) is 0 Å². The van der Waals surface area contributed by atoms with Crippen LogP contribution in [0.5, 0.6) is 17.2 Å². The second kappa shape index (κ2) is 12.6. The number of benzene rings is 2.